The van der Waals surface area contributed by atoms with Crippen molar-refractivity contribution < 1.29 is 13.2 Å². The lowest BCUT2D eigenvalue weighted by molar-refractivity contribution is -0.122. The van der Waals surface area contributed by atoms with Crippen molar-refractivity contribution in [2.45, 2.75) is 58.4 Å². The lowest BCUT2D eigenvalue weighted by atomic mass is 9.89. The van der Waals surface area contributed by atoms with Gasteiger partial charge >= 0.3 is 0 Å². The first-order valence-corrected chi connectivity index (χ1v) is 11.0. The van der Waals surface area contributed by atoms with E-state index < -0.39 is 16.1 Å². The Kier molecular flexibility index (Phi) is 6.87. The number of rotatable bonds is 7. The summed E-state index contributed by atoms with van der Waals surface area (Å²) in [6.45, 7) is 4.43. The van der Waals surface area contributed by atoms with Crippen LogP contribution in [0.5, 0.6) is 0 Å². The van der Waals surface area contributed by atoms with Crippen molar-refractivity contribution in [2.75, 3.05) is 17.1 Å². The Morgan fingerprint density at radius 1 is 1.20 bits per heavy atom. The number of hydrogen-bond donors (Lipinski definition) is 1. The van der Waals surface area contributed by atoms with Gasteiger partial charge in [-0.3, -0.25) is 9.10 Å². The summed E-state index contributed by atoms with van der Waals surface area (Å²) in [7, 11) is -3.56. The summed E-state index contributed by atoms with van der Waals surface area (Å²) in [5, 5.41) is 2.99. The standard InChI is InChI=1S/C19H30N2O3S/c1-4-18(19(22)20-14-16-8-6-5-7-9-16)21(25(3,23)24)17-12-10-15(2)11-13-17/h10-13,16,18H,4-9,14H2,1-3H3,(H,20,22)/t18-/m0/s1. The van der Waals surface area contributed by atoms with Crippen molar-refractivity contribution in [3.05, 3.63) is 29.8 Å². The van der Waals surface area contributed by atoms with Crippen LogP contribution in [0.2, 0.25) is 0 Å². The molecule has 1 aliphatic carbocycles. The van der Waals surface area contributed by atoms with Crippen LogP contribution in [0.15, 0.2) is 24.3 Å². The van der Waals surface area contributed by atoms with Crippen molar-refractivity contribution in [1.82, 2.24) is 5.32 Å². The Morgan fingerprint density at radius 2 is 1.80 bits per heavy atom. The van der Waals surface area contributed by atoms with E-state index in [4.69, 9.17) is 0 Å². The molecule has 1 amide bonds. The van der Waals surface area contributed by atoms with Gasteiger partial charge in [-0.1, -0.05) is 43.9 Å². The third-order valence-electron chi connectivity index (χ3n) is 4.91. The number of sulfonamides is 1. The van der Waals surface area contributed by atoms with Gasteiger partial charge in [0.05, 0.1) is 11.9 Å². The van der Waals surface area contributed by atoms with E-state index in [1.165, 1.54) is 23.6 Å². The van der Waals surface area contributed by atoms with Crippen LogP contribution in [0.4, 0.5) is 5.69 Å². The number of amides is 1. The number of nitrogens with zero attached hydrogens (tertiary/aromatic N) is 1. The number of carbonyl (C=O) groups excluding carboxylic acids is 1. The lowest BCUT2D eigenvalue weighted by Crippen LogP contribution is -2.50. The van der Waals surface area contributed by atoms with E-state index in [0.717, 1.165) is 24.7 Å². The monoisotopic (exact) mass is 366 g/mol. The first-order chi connectivity index (χ1) is 11.8. The molecule has 5 nitrogen and oxygen atoms in total. The quantitative estimate of drug-likeness (QED) is 0.805. The number of carbonyl (C=O) groups is 1. The first kappa shape index (κ1) is 19.8. The molecule has 2 rings (SSSR count). The van der Waals surface area contributed by atoms with E-state index in [1.807, 2.05) is 26.0 Å². The maximum Gasteiger partial charge on any atom is 0.243 e. The molecule has 1 N–H and O–H groups in total. The third-order valence-corrected chi connectivity index (χ3v) is 6.09. The molecule has 0 bridgehead atoms. The second-order valence-electron chi connectivity index (χ2n) is 7.07. The van der Waals surface area contributed by atoms with Gasteiger partial charge in [0.1, 0.15) is 6.04 Å². The molecular formula is C19H30N2O3S. The molecule has 1 aliphatic rings. The zero-order chi connectivity index (χ0) is 18.4. The molecule has 0 radical (unpaired) electrons. The summed E-state index contributed by atoms with van der Waals surface area (Å²) in [6.07, 6.45) is 7.58. The highest BCUT2D eigenvalue weighted by atomic mass is 32.2. The van der Waals surface area contributed by atoms with E-state index in [-0.39, 0.29) is 5.91 Å². The summed E-state index contributed by atoms with van der Waals surface area (Å²) < 4.78 is 26.0. The van der Waals surface area contributed by atoms with Gasteiger partial charge in [-0.25, -0.2) is 8.42 Å². The van der Waals surface area contributed by atoms with Gasteiger partial charge in [-0.15, -0.1) is 0 Å². The third kappa shape index (κ3) is 5.46. The molecule has 1 saturated carbocycles. The van der Waals surface area contributed by atoms with Crippen LogP contribution in [-0.2, 0) is 14.8 Å². The molecule has 0 spiro atoms. The van der Waals surface area contributed by atoms with Crippen LogP contribution in [0.3, 0.4) is 0 Å². The maximum atomic E-state index is 12.7. The normalized spacial score (nSPS) is 17.1. The van der Waals surface area contributed by atoms with Gasteiger partial charge in [0.15, 0.2) is 0 Å². The zero-order valence-corrected chi connectivity index (χ0v) is 16.3. The fourth-order valence-corrected chi connectivity index (χ4v) is 4.72. The SMILES string of the molecule is CC[C@@H](C(=O)NCC1CCCCC1)N(c1ccc(C)cc1)S(C)(=O)=O. The largest absolute Gasteiger partial charge is 0.354 e. The van der Waals surface area contributed by atoms with Crippen LogP contribution in [0, 0.1) is 12.8 Å². The predicted octanol–water partition coefficient (Wildman–Crippen LogP) is 3.24. The molecule has 25 heavy (non-hydrogen) atoms. The average Bonchev–Trinajstić information content (AvgIpc) is 2.58. The molecule has 1 fully saturated rings. The fraction of sp³-hybridized carbons (Fsp3) is 0.632. The average molecular weight is 367 g/mol. The van der Waals surface area contributed by atoms with Crippen LogP contribution in [0.1, 0.15) is 51.0 Å². The minimum atomic E-state index is -3.56. The van der Waals surface area contributed by atoms with E-state index in [1.54, 1.807) is 12.1 Å². The summed E-state index contributed by atoms with van der Waals surface area (Å²) in [5.41, 5.74) is 1.58. The summed E-state index contributed by atoms with van der Waals surface area (Å²) in [6, 6.07) is 6.52. The lowest BCUT2D eigenvalue weighted by Gasteiger charge is -2.31. The van der Waals surface area contributed by atoms with Gasteiger partial charge in [0, 0.05) is 6.54 Å². The van der Waals surface area contributed by atoms with Crippen molar-refractivity contribution in [3.63, 3.8) is 0 Å². The van der Waals surface area contributed by atoms with Crippen molar-refractivity contribution in [3.8, 4) is 0 Å². The number of benzene rings is 1. The topological polar surface area (TPSA) is 66.5 Å². The smallest absolute Gasteiger partial charge is 0.243 e. The summed E-state index contributed by atoms with van der Waals surface area (Å²) in [4.78, 5) is 12.7. The van der Waals surface area contributed by atoms with Gasteiger partial charge in [-0.05, 0) is 44.2 Å². The molecule has 1 aromatic rings. The number of hydrogen-bond acceptors (Lipinski definition) is 3. The van der Waals surface area contributed by atoms with Crippen LogP contribution >= 0.6 is 0 Å². The Hall–Kier alpha value is -1.56. The van der Waals surface area contributed by atoms with E-state index in [9.17, 15) is 13.2 Å². The minimum absolute atomic E-state index is 0.209. The zero-order valence-electron chi connectivity index (χ0n) is 15.5. The van der Waals surface area contributed by atoms with E-state index >= 15 is 0 Å². The van der Waals surface area contributed by atoms with Crippen LogP contribution in [0.25, 0.3) is 0 Å². The van der Waals surface area contributed by atoms with Gasteiger partial charge in [-0.2, -0.15) is 0 Å². The number of aryl methyl sites for hydroxylation is 1. The molecule has 1 atom stereocenters. The molecular weight excluding hydrogens is 336 g/mol. The molecule has 0 aliphatic heterocycles. The Balaban J connectivity index is 2.15. The van der Waals surface area contributed by atoms with Crippen molar-refractivity contribution in [1.29, 1.82) is 0 Å². The Morgan fingerprint density at radius 3 is 2.32 bits per heavy atom. The number of nitrogens with one attached hydrogen (secondary N) is 1. The van der Waals surface area contributed by atoms with Gasteiger partial charge < -0.3 is 5.32 Å². The molecule has 0 saturated heterocycles. The van der Waals surface area contributed by atoms with Gasteiger partial charge in [0.2, 0.25) is 15.9 Å². The fourth-order valence-electron chi connectivity index (χ4n) is 3.51. The van der Waals surface area contributed by atoms with Crippen LogP contribution in [-0.4, -0.2) is 33.2 Å². The van der Waals surface area contributed by atoms with Crippen molar-refractivity contribution >= 4 is 21.6 Å². The molecule has 1 aromatic carbocycles. The molecule has 140 valence electrons. The molecule has 0 heterocycles. The Bertz CT molecular complexity index is 664. The highest BCUT2D eigenvalue weighted by Crippen LogP contribution is 2.24. The van der Waals surface area contributed by atoms with Crippen molar-refractivity contribution in [2.24, 2.45) is 5.92 Å². The number of anilines is 1. The maximum absolute atomic E-state index is 12.7. The van der Waals surface area contributed by atoms with E-state index in [0.29, 0.717) is 24.6 Å². The second-order valence-corrected chi connectivity index (χ2v) is 8.93. The summed E-state index contributed by atoms with van der Waals surface area (Å²) in [5.74, 6) is 0.306. The molecule has 0 unspecified atom stereocenters. The van der Waals surface area contributed by atoms with Gasteiger partial charge in [0.25, 0.3) is 0 Å². The molecule has 0 aromatic heterocycles. The molecule has 6 heteroatoms. The highest BCUT2D eigenvalue weighted by molar-refractivity contribution is 7.92. The minimum Gasteiger partial charge on any atom is -0.354 e. The van der Waals surface area contributed by atoms with E-state index in [2.05, 4.69) is 5.32 Å². The Labute approximate surface area is 151 Å². The highest BCUT2D eigenvalue weighted by Gasteiger charge is 2.31. The second kappa shape index (κ2) is 8.70. The first-order valence-electron chi connectivity index (χ1n) is 9.16. The summed E-state index contributed by atoms with van der Waals surface area (Å²) >= 11 is 0. The predicted molar refractivity (Wildman–Crippen MR) is 102 cm³/mol. The van der Waals surface area contributed by atoms with Crippen LogP contribution < -0.4 is 9.62 Å².